The maximum atomic E-state index is 12.1. The maximum Gasteiger partial charge on any atom is 0.387 e. The predicted molar refractivity (Wildman–Crippen MR) is 202 cm³/mol. The third-order valence-corrected chi connectivity index (χ3v) is 9.19. The van der Waals surface area contributed by atoms with Crippen LogP contribution in [0.4, 0.5) is 13.6 Å². The normalized spacial score (nSPS) is 16.0. The van der Waals surface area contributed by atoms with E-state index in [1.807, 2.05) is 26.0 Å². The van der Waals surface area contributed by atoms with Gasteiger partial charge in [-0.2, -0.15) is 13.8 Å². The summed E-state index contributed by atoms with van der Waals surface area (Å²) in [5.41, 5.74) is 2.54. The number of ether oxygens (including phenoxy) is 3. The van der Waals surface area contributed by atoms with Gasteiger partial charge in [0.25, 0.3) is 5.56 Å². The molecule has 2 N–H and O–H groups in total. The first kappa shape index (κ1) is 42.1. The predicted octanol–water partition coefficient (Wildman–Crippen LogP) is 9.07. The lowest BCUT2D eigenvalue weighted by molar-refractivity contribution is -0.231. The van der Waals surface area contributed by atoms with Crippen LogP contribution in [0.15, 0.2) is 75.2 Å². The van der Waals surface area contributed by atoms with Gasteiger partial charge in [0.05, 0.1) is 25.2 Å². The highest BCUT2D eigenvalue weighted by atomic mass is 19.3. The van der Waals surface area contributed by atoms with Crippen molar-refractivity contribution >= 4 is 17.6 Å². The number of furan rings is 1. The highest BCUT2D eigenvalue weighted by molar-refractivity contribution is 5.95. The van der Waals surface area contributed by atoms with Crippen molar-refractivity contribution in [1.82, 2.24) is 15.2 Å². The molecule has 1 aromatic carbocycles. The number of carbonyl (C=O) groups excluding carboxylic acids is 1. The molecule has 2 aliphatic rings. The van der Waals surface area contributed by atoms with Crippen LogP contribution >= 0.6 is 0 Å². The summed E-state index contributed by atoms with van der Waals surface area (Å²) in [6.45, 7) is 16.1. The fourth-order valence-corrected chi connectivity index (χ4v) is 5.42. The highest BCUT2D eigenvalue weighted by Gasteiger charge is 2.42. The van der Waals surface area contributed by atoms with Crippen LogP contribution in [-0.4, -0.2) is 66.9 Å². The molecule has 1 unspecified atom stereocenters. The molecule has 0 radical (unpaired) electrons. The summed E-state index contributed by atoms with van der Waals surface area (Å²) in [5, 5.41) is 2.79. The molecule has 2 saturated heterocycles. The number of nitrogens with zero attached hydrogens (tertiary/aromatic N) is 2. The van der Waals surface area contributed by atoms with Gasteiger partial charge in [0.2, 0.25) is 0 Å². The van der Waals surface area contributed by atoms with Gasteiger partial charge in [-0.1, -0.05) is 59.2 Å². The van der Waals surface area contributed by atoms with Crippen LogP contribution in [0.2, 0.25) is 0 Å². The molecule has 2 aliphatic heterocycles. The Morgan fingerprint density at radius 2 is 1.83 bits per heavy atom. The second-order valence-electron chi connectivity index (χ2n) is 13.5. The fourth-order valence-electron chi connectivity index (χ4n) is 5.42. The number of hydrogen-bond donors (Lipinski definition) is 2. The number of likely N-dealkylation sites (tertiary alicyclic amines) is 1. The second-order valence-corrected chi connectivity index (χ2v) is 13.5. The Labute approximate surface area is 306 Å². The molecule has 4 heterocycles. The van der Waals surface area contributed by atoms with Crippen LogP contribution in [0.1, 0.15) is 85.0 Å². The van der Waals surface area contributed by atoms with Crippen LogP contribution < -0.4 is 15.6 Å². The van der Waals surface area contributed by atoms with Crippen molar-refractivity contribution in [3.05, 3.63) is 82.7 Å². The van der Waals surface area contributed by atoms with E-state index in [2.05, 4.69) is 52.6 Å². The number of carbonyl (C=O) groups is 1. The van der Waals surface area contributed by atoms with E-state index in [0.29, 0.717) is 28.5 Å². The van der Waals surface area contributed by atoms with Crippen molar-refractivity contribution in [3.63, 3.8) is 0 Å². The summed E-state index contributed by atoms with van der Waals surface area (Å²) in [6.07, 6.45) is 10.6. The number of H-pyrrole nitrogens is 1. The number of urea groups is 1. The van der Waals surface area contributed by atoms with E-state index in [4.69, 9.17) is 13.9 Å². The zero-order valence-corrected chi connectivity index (χ0v) is 31.7. The number of amides is 2. The van der Waals surface area contributed by atoms with E-state index in [1.54, 1.807) is 37.5 Å². The Kier molecular flexibility index (Phi) is 17.2. The van der Waals surface area contributed by atoms with Crippen LogP contribution in [-0.2, 0) is 9.47 Å². The molecule has 5 rings (SSSR count). The SMILES string of the molecule is CC/C=C(/NC(=O)/N=C(\C)N1CCCC1)c1ccco1.CCC(C)CCOC1(C(C)C)COC1.Cc1cc(-c2cccc(OC(F)F)c2)c[nH]c1=O. The number of aliphatic imine (C=N–C) groups is 1. The largest absolute Gasteiger partial charge is 0.463 e. The van der Waals surface area contributed by atoms with Gasteiger partial charge in [-0.3, -0.25) is 4.79 Å². The van der Waals surface area contributed by atoms with Crippen LogP contribution in [0.25, 0.3) is 16.8 Å². The molecule has 52 heavy (non-hydrogen) atoms. The van der Waals surface area contributed by atoms with E-state index in [9.17, 15) is 18.4 Å². The lowest BCUT2D eigenvalue weighted by Crippen LogP contribution is -2.56. The minimum absolute atomic E-state index is 0.0352. The monoisotopic (exact) mass is 726 g/mol. The number of alkyl halides is 2. The molecule has 12 heteroatoms. The number of aromatic amines is 1. The molecule has 1 atom stereocenters. The number of nitrogens with one attached hydrogen (secondary N) is 2. The summed E-state index contributed by atoms with van der Waals surface area (Å²) < 4.78 is 45.1. The Morgan fingerprint density at radius 1 is 1.10 bits per heavy atom. The van der Waals surface area contributed by atoms with Gasteiger partial charge in [-0.25, -0.2) is 4.79 Å². The van der Waals surface area contributed by atoms with Gasteiger partial charge in [-0.05, 0) is 92.8 Å². The van der Waals surface area contributed by atoms with Crippen molar-refractivity contribution in [2.24, 2.45) is 16.8 Å². The maximum absolute atomic E-state index is 12.1. The Balaban J connectivity index is 0.000000214. The minimum Gasteiger partial charge on any atom is -0.463 e. The number of allylic oxidation sites excluding steroid dienone is 1. The number of halogens is 2. The smallest absolute Gasteiger partial charge is 0.387 e. The molecule has 0 spiro atoms. The van der Waals surface area contributed by atoms with Crippen molar-refractivity contribution in [2.45, 2.75) is 92.8 Å². The number of rotatable bonds is 12. The molecule has 2 aromatic heterocycles. The summed E-state index contributed by atoms with van der Waals surface area (Å²) in [5.74, 6) is 2.85. The first-order valence-electron chi connectivity index (χ1n) is 18.2. The van der Waals surface area contributed by atoms with Crippen molar-refractivity contribution in [1.29, 1.82) is 0 Å². The van der Waals surface area contributed by atoms with E-state index in [0.717, 1.165) is 56.6 Å². The van der Waals surface area contributed by atoms with Crippen LogP contribution in [0.3, 0.4) is 0 Å². The van der Waals surface area contributed by atoms with Crippen molar-refractivity contribution in [3.8, 4) is 16.9 Å². The quantitative estimate of drug-likeness (QED) is 0.141. The van der Waals surface area contributed by atoms with Gasteiger partial charge in [-0.15, -0.1) is 0 Å². The molecule has 286 valence electrons. The average Bonchev–Trinajstić information content (AvgIpc) is 3.83. The topological polar surface area (TPSA) is 118 Å². The van der Waals surface area contributed by atoms with Crippen molar-refractivity contribution < 1.29 is 32.2 Å². The van der Waals surface area contributed by atoms with E-state index in [-0.39, 0.29) is 22.9 Å². The molecule has 3 aromatic rings. The minimum atomic E-state index is -2.85. The van der Waals surface area contributed by atoms with Crippen LogP contribution in [0.5, 0.6) is 5.75 Å². The van der Waals surface area contributed by atoms with E-state index in [1.165, 1.54) is 44.0 Å². The number of pyridine rings is 1. The molecular weight excluding hydrogens is 670 g/mol. The lowest BCUT2D eigenvalue weighted by atomic mass is 9.88. The Bertz CT molecular complexity index is 1630. The van der Waals surface area contributed by atoms with Gasteiger partial charge >= 0.3 is 12.6 Å². The molecule has 0 bridgehead atoms. The number of hydrogen-bond acceptors (Lipinski definition) is 6. The summed E-state index contributed by atoms with van der Waals surface area (Å²) in [7, 11) is 0. The standard InChI is InChI=1S/C15H21N3O2.C13H11F2NO2.C12H24O2/c1-3-7-13(14-8-6-11-20-14)17-15(19)16-12(2)18-9-4-5-10-18;1-8-5-10(7-16-12(8)17)9-3-2-4-11(6-9)18-13(14)15;1-5-11(4)6-7-14-12(10(2)3)8-13-9-12/h6-8,11H,3-5,9-10H2,1-2H3,(H,17,19);2-7,13H,1H3,(H,16,17);10-11H,5-9H2,1-4H3/b13-7+,16-12+;;. The molecular formula is C40H56F2N4O6. The van der Waals surface area contributed by atoms with Gasteiger partial charge in [0.1, 0.15) is 22.9 Å². The zero-order chi connectivity index (χ0) is 38.1. The van der Waals surface area contributed by atoms with Crippen molar-refractivity contribution in [2.75, 3.05) is 32.9 Å². The summed E-state index contributed by atoms with van der Waals surface area (Å²) >= 11 is 0. The lowest BCUT2D eigenvalue weighted by Gasteiger charge is -2.44. The molecule has 2 amide bonds. The number of aryl methyl sites for hydroxylation is 1. The zero-order valence-electron chi connectivity index (χ0n) is 31.7. The summed E-state index contributed by atoms with van der Waals surface area (Å²) in [4.78, 5) is 32.0. The van der Waals surface area contributed by atoms with Gasteiger partial charge in [0, 0.05) is 31.5 Å². The van der Waals surface area contributed by atoms with E-state index >= 15 is 0 Å². The second kappa shape index (κ2) is 21.3. The number of aromatic nitrogens is 1. The molecule has 10 nitrogen and oxygen atoms in total. The van der Waals surface area contributed by atoms with Gasteiger partial charge < -0.3 is 33.8 Å². The molecule has 0 aliphatic carbocycles. The fraction of sp³-hybridized carbons (Fsp3) is 0.525. The first-order valence-corrected chi connectivity index (χ1v) is 18.2. The third kappa shape index (κ3) is 13.4. The van der Waals surface area contributed by atoms with Crippen LogP contribution in [0, 0.1) is 18.8 Å². The van der Waals surface area contributed by atoms with E-state index < -0.39 is 6.61 Å². The number of amidine groups is 1. The molecule has 2 fully saturated rings. The highest BCUT2D eigenvalue weighted by Crippen LogP contribution is 2.31. The first-order chi connectivity index (χ1) is 24.9. The number of benzene rings is 1. The summed E-state index contributed by atoms with van der Waals surface area (Å²) in [6, 6.07) is 11.3. The Hall–Kier alpha value is -4.29. The molecule has 0 saturated carbocycles. The average molecular weight is 727 g/mol. The third-order valence-electron chi connectivity index (χ3n) is 9.19. The Morgan fingerprint density at radius 3 is 2.38 bits per heavy atom. The van der Waals surface area contributed by atoms with Gasteiger partial charge in [0.15, 0.2) is 0 Å².